The van der Waals surface area contributed by atoms with Crippen molar-refractivity contribution < 1.29 is 10.2 Å². The molecule has 0 spiro atoms. The number of phenolic OH excluding ortho intramolecular Hbond substituents is 1. The van der Waals surface area contributed by atoms with Crippen LogP contribution in [0.1, 0.15) is 32.8 Å². The standard InChI is InChI=1S/C14H22ClNO2/c1-14(2,3)7-11(17)9-16-8-10-5-4-6-12(15)13(10)18/h4-6,11,16-18H,7-9H2,1-3H3. The molecule has 1 rings (SSSR count). The third-order valence-electron chi connectivity index (χ3n) is 2.61. The molecule has 1 aromatic carbocycles. The summed E-state index contributed by atoms with van der Waals surface area (Å²) in [6.07, 6.45) is 0.355. The SMILES string of the molecule is CC(C)(C)CC(O)CNCc1cccc(Cl)c1O. The lowest BCUT2D eigenvalue weighted by Crippen LogP contribution is -2.29. The zero-order valence-corrected chi connectivity index (χ0v) is 12.0. The van der Waals surface area contributed by atoms with E-state index in [1.165, 1.54) is 0 Å². The topological polar surface area (TPSA) is 52.5 Å². The van der Waals surface area contributed by atoms with Crippen molar-refractivity contribution in [3.63, 3.8) is 0 Å². The van der Waals surface area contributed by atoms with Gasteiger partial charge in [0.15, 0.2) is 0 Å². The zero-order chi connectivity index (χ0) is 13.8. The second-order valence-electron chi connectivity index (χ2n) is 5.80. The van der Waals surface area contributed by atoms with Crippen molar-refractivity contribution in [1.29, 1.82) is 0 Å². The van der Waals surface area contributed by atoms with Gasteiger partial charge < -0.3 is 15.5 Å². The average Bonchev–Trinajstić information content (AvgIpc) is 2.21. The van der Waals surface area contributed by atoms with Crippen molar-refractivity contribution in [2.24, 2.45) is 5.41 Å². The predicted molar refractivity (Wildman–Crippen MR) is 74.9 cm³/mol. The van der Waals surface area contributed by atoms with Crippen molar-refractivity contribution in [3.8, 4) is 5.75 Å². The number of hydrogen-bond acceptors (Lipinski definition) is 3. The summed E-state index contributed by atoms with van der Waals surface area (Å²) in [5, 5.41) is 23.0. The van der Waals surface area contributed by atoms with Crippen LogP contribution in [-0.2, 0) is 6.54 Å². The molecule has 0 fully saturated rings. The third-order valence-corrected chi connectivity index (χ3v) is 2.92. The Hall–Kier alpha value is -0.770. The van der Waals surface area contributed by atoms with Gasteiger partial charge in [0, 0.05) is 18.7 Å². The van der Waals surface area contributed by atoms with Gasteiger partial charge in [-0.15, -0.1) is 0 Å². The van der Waals surface area contributed by atoms with E-state index in [4.69, 9.17) is 11.6 Å². The van der Waals surface area contributed by atoms with Gasteiger partial charge in [-0.05, 0) is 17.9 Å². The Morgan fingerprint density at radius 2 is 2.00 bits per heavy atom. The first-order chi connectivity index (χ1) is 8.29. The Morgan fingerprint density at radius 3 is 2.61 bits per heavy atom. The van der Waals surface area contributed by atoms with Gasteiger partial charge in [0.2, 0.25) is 0 Å². The Bertz CT molecular complexity index is 388. The van der Waals surface area contributed by atoms with E-state index in [2.05, 4.69) is 26.1 Å². The maximum absolute atomic E-state index is 9.84. The molecule has 0 radical (unpaired) electrons. The first kappa shape index (κ1) is 15.3. The highest BCUT2D eigenvalue weighted by molar-refractivity contribution is 6.32. The molecule has 0 heterocycles. The van der Waals surface area contributed by atoms with E-state index in [1.807, 2.05) is 6.07 Å². The summed E-state index contributed by atoms with van der Waals surface area (Å²) in [5.41, 5.74) is 0.852. The van der Waals surface area contributed by atoms with Gasteiger partial charge in [0.25, 0.3) is 0 Å². The highest BCUT2D eigenvalue weighted by Gasteiger charge is 2.16. The molecule has 0 aliphatic heterocycles. The van der Waals surface area contributed by atoms with Crippen LogP contribution in [0, 0.1) is 5.41 Å². The predicted octanol–water partition coefficient (Wildman–Crippen LogP) is 2.93. The second kappa shape index (κ2) is 6.41. The van der Waals surface area contributed by atoms with E-state index in [9.17, 15) is 10.2 Å². The van der Waals surface area contributed by atoms with Gasteiger partial charge >= 0.3 is 0 Å². The molecule has 0 saturated heterocycles. The molecule has 0 bridgehead atoms. The minimum Gasteiger partial charge on any atom is -0.506 e. The molecule has 18 heavy (non-hydrogen) atoms. The molecule has 3 N–H and O–H groups in total. The van der Waals surface area contributed by atoms with Gasteiger partial charge in [0.1, 0.15) is 5.75 Å². The molecule has 4 heteroatoms. The van der Waals surface area contributed by atoms with Crippen LogP contribution in [0.5, 0.6) is 5.75 Å². The number of rotatable bonds is 5. The van der Waals surface area contributed by atoms with E-state index in [0.717, 1.165) is 12.0 Å². The average molecular weight is 272 g/mol. The van der Waals surface area contributed by atoms with Crippen molar-refractivity contribution in [2.75, 3.05) is 6.54 Å². The van der Waals surface area contributed by atoms with Gasteiger partial charge in [-0.1, -0.05) is 44.5 Å². The monoisotopic (exact) mass is 271 g/mol. The third kappa shape index (κ3) is 5.25. The van der Waals surface area contributed by atoms with E-state index in [-0.39, 0.29) is 17.3 Å². The van der Waals surface area contributed by atoms with Gasteiger partial charge in [0.05, 0.1) is 11.1 Å². The number of aliphatic hydroxyl groups is 1. The smallest absolute Gasteiger partial charge is 0.138 e. The summed E-state index contributed by atoms with van der Waals surface area (Å²) < 4.78 is 0. The van der Waals surface area contributed by atoms with Crippen molar-refractivity contribution in [1.82, 2.24) is 5.32 Å². The molecule has 0 amide bonds. The van der Waals surface area contributed by atoms with E-state index < -0.39 is 0 Å². The fourth-order valence-electron chi connectivity index (χ4n) is 1.86. The van der Waals surface area contributed by atoms with Crippen LogP contribution in [0.2, 0.25) is 5.02 Å². The molecule has 1 unspecified atom stereocenters. The molecule has 3 nitrogen and oxygen atoms in total. The maximum Gasteiger partial charge on any atom is 0.138 e. The highest BCUT2D eigenvalue weighted by atomic mass is 35.5. The molecule has 0 saturated carbocycles. The minimum atomic E-state index is -0.383. The Balaban J connectivity index is 2.40. The first-order valence-corrected chi connectivity index (χ1v) is 6.52. The minimum absolute atomic E-state index is 0.108. The second-order valence-corrected chi connectivity index (χ2v) is 6.20. The molecule has 1 atom stereocenters. The molecule has 102 valence electrons. The number of halogens is 1. The number of aromatic hydroxyl groups is 1. The summed E-state index contributed by atoms with van der Waals surface area (Å²) in [7, 11) is 0. The summed E-state index contributed by atoms with van der Waals surface area (Å²) in [4.78, 5) is 0. The van der Waals surface area contributed by atoms with Crippen LogP contribution in [-0.4, -0.2) is 22.9 Å². The number of benzene rings is 1. The largest absolute Gasteiger partial charge is 0.506 e. The molecule has 1 aromatic rings. The number of para-hydroxylation sites is 1. The maximum atomic E-state index is 9.84. The van der Waals surface area contributed by atoms with Crippen LogP contribution in [0.4, 0.5) is 0 Å². The van der Waals surface area contributed by atoms with Crippen LogP contribution in [0.15, 0.2) is 18.2 Å². The Labute approximate surface area is 114 Å². The Morgan fingerprint density at radius 1 is 1.33 bits per heavy atom. The fraction of sp³-hybridized carbons (Fsp3) is 0.571. The lowest BCUT2D eigenvalue weighted by molar-refractivity contribution is 0.119. The molecule has 0 aliphatic carbocycles. The number of hydrogen-bond donors (Lipinski definition) is 3. The van der Waals surface area contributed by atoms with Gasteiger partial charge in [-0.3, -0.25) is 0 Å². The van der Waals surface area contributed by atoms with E-state index in [1.54, 1.807) is 12.1 Å². The molecule has 0 aliphatic rings. The van der Waals surface area contributed by atoms with Gasteiger partial charge in [-0.25, -0.2) is 0 Å². The lowest BCUT2D eigenvalue weighted by Gasteiger charge is -2.22. The van der Waals surface area contributed by atoms with Crippen molar-refractivity contribution in [3.05, 3.63) is 28.8 Å². The summed E-state index contributed by atoms with van der Waals surface area (Å²) in [6, 6.07) is 5.25. The summed E-state index contributed by atoms with van der Waals surface area (Å²) >= 11 is 5.82. The summed E-state index contributed by atoms with van der Waals surface area (Å²) in [5.74, 6) is 0.108. The number of phenols is 1. The normalized spacial score (nSPS) is 13.6. The molecule has 0 aromatic heterocycles. The molecular weight excluding hydrogens is 250 g/mol. The van der Waals surface area contributed by atoms with Gasteiger partial charge in [-0.2, -0.15) is 0 Å². The van der Waals surface area contributed by atoms with Crippen LogP contribution < -0.4 is 5.32 Å². The van der Waals surface area contributed by atoms with E-state index >= 15 is 0 Å². The van der Waals surface area contributed by atoms with Crippen LogP contribution in [0.25, 0.3) is 0 Å². The van der Waals surface area contributed by atoms with Crippen molar-refractivity contribution in [2.45, 2.75) is 39.8 Å². The fourth-order valence-corrected chi connectivity index (χ4v) is 2.05. The first-order valence-electron chi connectivity index (χ1n) is 6.15. The lowest BCUT2D eigenvalue weighted by atomic mass is 9.89. The van der Waals surface area contributed by atoms with E-state index in [0.29, 0.717) is 18.1 Å². The summed E-state index contributed by atoms with van der Waals surface area (Å²) in [6.45, 7) is 7.29. The van der Waals surface area contributed by atoms with Crippen molar-refractivity contribution >= 4 is 11.6 Å². The highest BCUT2D eigenvalue weighted by Crippen LogP contribution is 2.26. The molecular formula is C14H22ClNO2. The van der Waals surface area contributed by atoms with Crippen LogP contribution in [0.3, 0.4) is 0 Å². The Kier molecular flexibility index (Phi) is 5.45. The quantitative estimate of drug-likeness (QED) is 0.772. The zero-order valence-electron chi connectivity index (χ0n) is 11.2. The number of aliphatic hydroxyl groups excluding tert-OH is 1. The van der Waals surface area contributed by atoms with Crippen LogP contribution >= 0.6 is 11.6 Å². The number of nitrogens with one attached hydrogen (secondary N) is 1.